The van der Waals surface area contributed by atoms with Crippen LogP contribution in [0.25, 0.3) is 17.0 Å². The lowest BCUT2D eigenvalue weighted by Gasteiger charge is -2.42. The molecule has 1 fully saturated rings. The van der Waals surface area contributed by atoms with Crippen LogP contribution in [0, 0.1) is 16.7 Å². The van der Waals surface area contributed by atoms with Crippen LogP contribution in [0.4, 0.5) is 9.59 Å². The number of fused-ring (bicyclic) bond motifs is 1. The standard InChI is InChI=1S/C34H49BrN2O6Si/c1-21(2)44(22(3)4,23(5)6)40-19-16-29-30(42-32(39)41-29)34(10,11)17-14-27-26(15-18-36)25-13-12-24(35)20-28(25)37(27)31(38)43-33(7,8)9/h12-14,17,20-23,29-30H,15-16,19H2,1-11H3/b17-14-. The lowest BCUT2D eigenvalue weighted by molar-refractivity contribution is 0.0542. The van der Waals surface area contributed by atoms with Crippen molar-refractivity contribution in [3.63, 3.8) is 0 Å². The molecule has 10 heteroatoms. The SMILES string of the molecule is CC(C)[Si](OCCC1OC(=O)OC1C(C)(C)/C=C\c1c(CC#N)c2ccc(Br)cc2n1C(=O)OC(C)(C)C)(C(C)C)C(C)C. The highest BCUT2D eigenvalue weighted by Crippen LogP contribution is 2.43. The number of rotatable bonds is 11. The lowest BCUT2D eigenvalue weighted by Crippen LogP contribution is -2.48. The van der Waals surface area contributed by atoms with E-state index in [0.29, 0.717) is 40.9 Å². The normalized spacial score (nSPS) is 18.0. The van der Waals surface area contributed by atoms with Crippen molar-refractivity contribution in [1.29, 1.82) is 5.26 Å². The van der Waals surface area contributed by atoms with Gasteiger partial charge in [0.25, 0.3) is 0 Å². The Morgan fingerprint density at radius 3 is 2.25 bits per heavy atom. The highest BCUT2D eigenvalue weighted by Gasteiger charge is 2.48. The van der Waals surface area contributed by atoms with Gasteiger partial charge in [0.2, 0.25) is 0 Å². The summed E-state index contributed by atoms with van der Waals surface area (Å²) in [4.78, 5) is 26.0. The van der Waals surface area contributed by atoms with Crippen molar-refractivity contribution in [2.24, 2.45) is 5.41 Å². The number of carbonyl (C=O) groups is 2. The highest BCUT2D eigenvalue weighted by molar-refractivity contribution is 9.10. The van der Waals surface area contributed by atoms with E-state index in [-0.39, 0.29) is 6.42 Å². The second kappa shape index (κ2) is 13.8. The van der Waals surface area contributed by atoms with Gasteiger partial charge in [0.05, 0.1) is 23.7 Å². The Morgan fingerprint density at radius 1 is 1.09 bits per heavy atom. The molecule has 2 aromatic rings. The Kier molecular flexibility index (Phi) is 11.2. The number of hydrogen-bond donors (Lipinski definition) is 0. The molecule has 0 radical (unpaired) electrons. The smallest absolute Gasteiger partial charge is 0.443 e. The number of nitrogens with zero attached hydrogens (tertiary/aromatic N) is 2. The minimum Gasteiger partial charge on any atom is -0.443 e. The Bertz CT molecular complexity index is 1410. The van der Waals surface area contributed by atoms with Crippen LogP contribution in [0.3, 0.4) is 0 Å². The summed E-state index contributed by atoms with van der Waals surface area (Å²) in [6.45, 7) is 23.4. The largest absolute Gasteiger partial charge is 0.509 e. The molecule has 1 aromatic heterocycles. The number of aromatic nitrogens is 1. The third kappa shape index (κ3) is 7.60. The molecule has 1 aromatic carbocycles. The molecule has 8 nitrogen and oxygen atoms in total. The van der Waals surface area contributed by atoms with E-state index >= 15 is 0 Å². The van der Waals surface area contributed by atoms with Gasteiger partial charge in [0, 0.05) is 28.3 Å². The minimum atomic E-state index is -2.08. The van der Waals surface area contributed by atoms with E-state index < -0.39 is 43.8 Å². The Morgan fingerprint density at radius 2 is 1.70 bits per heavy atom. The summed E-state index contributed by atoms with van der Waals surface area (Å²) in [5.74, 6) is 0. The van der Waals surface area contributed by atoms with Gasteiger partial charge in [-0.05, 0) is 61.2 Å². The van der Waals surface area contributed by atoms with Crippen LogP contribution in [0.5, 0.6) is 0 Å². The second-order valence-corrected chi connectivity index (χ2v) is 20.6. The number of benzene rings is 1. The predicted molar refractivity (Wildman–Crippen MR) is 180 cm³/mol. The molecule has 1 saturated heterocycles. The average molecular weight is 690 g/mol. The maximum absolute atomic E-state index is 13.6. The Hall–Kier alpha value is -2.61. The molecule has 3 rings (SSSR count). The summed E-state index contributed by atoms with van der Waals surface area (Å²) in [5, 5.41) is 10.5. The first-order valence-corrected chi connectivity index (χ1v) is 18.4. The van der Waals surface area contributed by atoms with E-state index in [1.807, 2.05) is 65.0 Å². The molecule has 2 heterocycles. The summed E-state index contributed by atoms with van der Waals surface area (Å²) in [7, 11) is -2.08. The fourth-order valence-corrected chi connectivity index (χ4v) is 12.6. The molecule has 0 N–H and O–H groups in total. The van der Waals surface area contributed by atoms with E-state index in [4.69, 9.17) is 18.6 Å². The first-order valence-electron chi connectivity index (χ1n) is 15.5. The molecule has 0 saturated carbocycles. The summed E-state index contributed by atoms with van der Waals surface area (Å²) >= 11 is 3.52. The van der Waals surface area contributed by atoms with Crippen molar-refractivity contribution in [2.45, 2.75) is 123 Å². The third-order valence-electron chi connectivity index (χ3n) is 8.58. The highest BCUT2D eigenvalue weighted by atomic mass is 79.9. The number of cyclic esters (lactones) is 2. The van der Waals surface area contributed by atoms with Gasteiger partial charge >= 0.3 is 12.2 Å². The number of hydrogen-bond acceptors (Lipinski definition) is 7. The molecule has 0 spiro atoms. The predicted octanol–water partition coefficient (Wildman–Crippen LogP) is 9.78. The first kappa shape index (κ1) is 35.9. The molecule has 0 bridgehead atoms. The zero-order chi connectivity index (χ0) is 33.2. The molecule has 2 unspecified atom stereocenters. The quantitative estimate of drug-likeness (QED) is 0.171. The molecule has 242 valence electrons. The van der Waals surface area contributed by atoms with Crippen molar-refractivity contribution in [3.8, 4) is 6.07 Å². The fourth-order valence-electron chi connectivity index (χ4n) is 6.77. The van der Waals surface area contributed by atoms with Gasteiger partial charge in [-0.3, -0.25) is 0 Å². The summed E-state index contributed by atoms with van der Waals surface area (Å²) < 4.78 is 26.2. The van der Waals surface area contributed by atoms with E-state index in [2.05, 4.69) is 63.5 Å². The van der Waals surface area contributed by atoms with E-state index in [1.165, 1.54) is 4.57 Å². The van der Waals surface area contributed by atoms with Crippen LogP contribution in [0.15, 0.2) is 28.7 Å². The zero-order valence-corrected chi connectivity index (χ0v) is 30.7. The first-order chi connectivity index (χ1) is 20.4. The van der Waals surface area contributed by atoms with Crippen molar-refractivity contribution < 1.29 is 28.2 Å². The number of ether oxygens (including phenoxy) is 3. The lowest BCUT2D eigenvalue weighted by atomic mass is 9.82. The molecule has 1 aliphatic heterocycles. The molecule has 44 heavy (non-hydrogen) atoms. The van der Waals surface area contributed by atoms with Crippen molar-refractivity contribution in [3.05, 3.63) is 40.0 Å². The van der Waals surface area contributed by atoms with Crippen molar-refractivity contribution in [1.82, 2.24) is 4.57 Å². The summed E-state index contributed by atoms with van der Waals surface area (Å²) in [6, 6.07) is 7.87. The van der Waals surface area contributed by atoms with E-state index in [9.17, 15) is 14.9 Å². The maximum Gasteiger partial charge on any atom is 0.509 e. The van der Waals surface area contributed by atoms with Gasteiger partial charge in [-0.15, -0.1) is 0 Å². The number of halogens is 1. The average Bonchev–Trinajstić information content (AvgIpc) is 3.41. The number of carbonyl (C=O) groups excluding carboxylic acids is 2. The van der Waals surface area contributed by atoms with Crippen LogP contribution in [0.1, 0.15) is 93.8 Å². The van der Waals surface area contributed by atoms with E-state index in [1.54, 1.807) is 0 Å². The van der Waals surface area contributed by atoms with Gasteiger partial charge < -0.3 is 18.6 Å². The van der Waals surface area contributed by atoms with Crippen LogP contribution in [0.2, 0.25) is 16.6 Å². The fraction of sp³-hybridized carbons (Fsp3) is 0.618. The van der Waals surface area contributed by atoms with Crippen molar-refractivity contribution in [2.75, 3.05) is 6.61 Å². The Balaban J connectivity index is 1.98. The van der Waals surface area contributed by atoms with Gasteiger partial charge in [0.15, 0.2) is 14.4 Å². The topological polar surface area (TPSA) is 99.8 Å². The van der Waals surface area contributed by atoms with Gasteiger partial charge in [-0.1, -0.05) is 83.5 Å². The van der Waals surface area contributed by atoms with Crippen LogP contribution < -0.4 is 0 Å². The van der Waals surface area contributed by atoms with Gasteiger partial charge in [-0.25, -0.2) is 14.2 Å². The van der Waals surface area contributed by atoms with E-state index in [0.717, 1.165) is 15.4 Å². The zero-order valence-electron chi connectivity index (χ0n) is 28.1. The molecular formula is C34H49BrN2O6Si. The molecule has 0 aliphatic carbocycles. The molecule has 2 atom stereocenters. The third-order valence-corrected chi connectivity index (χ3v) is 15.2. The second-order valence-electron chi connectivity index (χ2n) is 14.2. The van der Waals surface area contributed by atoms with Gasteiger partial charge in [-0.2, -0.15) is 5.26 Å². The molecule has 0 amide bonds. The molecular weight excluding hydrogens is 640 g/mol. The van der Waals surface area contributed by atoms with Crippen LogP contribution >= 0.6 is 15.9 Å². The summed E-state index contributed by atoms with van der Waals surface area (Å²) in [6.07, 6.45) is 2.07. The Labute approximate surface area is 272 Å². The van der Waals surface area contributed by atoms with Gasteiger partial charge in [0.1, 0.15) is 11.7 Å². The summed E-state index contributed by atoms with van der Waals surface area (Å²) in [5.41, 5.74) is 1.83. The number of nitriles is 1. The molecule has 1 aliphatic rings. The van der Waals surface area contributed by atoms with Crippen molar-refractivity contribution >= 4 is 53.5 Å². The van der Waals surface area contributed by atoms with Crippen LogP contribution in [-0.4, -0.2) is 49.5 Å². The monoisotopic (exact) mass is 688 g/mol. The minimum absolute atomic E-state index is 0.0999. The maximum atomic E-state index is 13.6. The van der Waals surface area contributed by atoms with Crippen LogP contribution in [-0.2, 0) is 25.1 Å².